The molecule has 112 valence electrons. The van der Waals surface area contributed by atoms with Crippen LogP contribution in [0.2, 0.25) is 0 Å². The molecule has 0 amide bonds. The molecule has 1 saturated heterocycles. The maximum atomic E-state index is 5.59. The molecule has 4 heteroatoms. The number of aromatic nitrogens is 2. The van der Waals surface area contributed by atoms with Crippen molar-refractivity contribution in [1.82, 2.24) is 15.5 Å². The van der Waals surface area contributed by atoms with E-state index in [1.54, 1.807) is 0 Å². The van der Waals surface area contributed by atoms with Crippen molar-refractivity contribution in [2.45, 2.75) is 76.7 Å². The molecule has 1 aromatic rings. The average molecular weight is 277 g/mol. The Labute approximate surface area is 121 Å². The summed E-state index contributed by atoms with van der Waals surface area (Å²) in [6.45, 7) is 5.59. The van der Waals surface area contributed by atoms with Crippen LogP contribution in [0.25, 0.3) is 0 Å². The molecule has 1 aliphatic heterocycles. The standard InChI is InChI=1S/C16H27N3O/c1-3-12-5-4-6-13(10-12)15-18-16(20-19-15)14-7-8-17-11(2)9-14/h11-14,17H,3-10H2,1-2H3. The van der Waals surface area contributed by atoms with E-state index in [4.69, 9.17) is 9.51 Å². The molecule has 1 N–H and O–H groups in total. The van der Waals surface area contributed by atoms with Crippen LogP contribution >= 0.6 is 0 Å². The normalized spacial score (nSPS) is 35.1. The molecule has 2 fully saturated rings. The van der Waals surface area contributed by atoms with E-state index in [0.29, 0.717) is 17.9 Å². The molecule has 1 saturated carbocycles. The molecule has 0 radical (unpaired) electrons. The van der Waals surface area contributed by atoms with Crippen molar-refractivity contribution in [2.24, 2.45) is 5.92 Å². The van der Waals surface area contributed by atoms with Gasteiger partial charge in [0, 0.05) is 17.9 Å². The molecule has 2 aliphatic rings. The van der Waals surface area contributed by atoms with Crippen LogP contribution in [0.1, 0.15) is 82.3 Å². The van der Waals surface area contributed by atoms with Crippen molar-refractivity contribution in [2.75, 3.05) is 6.54 Å². The zero-order chi connectivity index (χ0) is 13.9. The second-order valence-corrected chi connectivity index (χ2v) is 6.71. The zero-order valence-electron chi connectivity index (χ0n) is 12.8. The lowest BCUT2D eigenvalue weighted by Crippen LogP contribution is -2.35. The Morgan fingerprint density at radius 2 is 2.10 bits per heavy atom. The van der Waals surface area contributed by atoms with Crippen molar-refractivity contribution in [3.63, 3.8) is 0 Å². The minimum atomic E-state index is 0.457. The molecular formula is C16H27N3O. The molecule has 4 nitrogen and oxygen atoms in total. The van der Waals surface area contributed by atoms with Crippen molar-refractivity contribution < 1.29 is 4.52 Å². The lowest BCUT2D eigenvalue weighted by atomic mass is 9.80. The number of hydrogen-bond acceptors (Lipinski definition) is 4. The number of piperidine rings is 1. The first-order valence-corrected chi connectivity index (χ1v) is 8.33. The Bertz CT molecular complexity index is 431. The van der Waals surface area contributed by atoms with E-state index in [0.717, 1.165) is 37.0 Å². The van der Waals surface area contributed by atoms with E-state index in [9.17, 15) is 0 Å². The van der Waals surface area contributed by atoms with Gasteiger partial charge in [-0.2, -0.15) is 4.98 Å². The molecule has 20 heavy (non-hydrogen) atoms. The third-order valence-electron chi connectivity index (χ3n) is 5.16. The Hall–Kier alpha value is -0.900. The van der Waals surface area contributed by atoms with Gasteiger partial charge < -0.3 is 9.84 Å². The first kappa shape index (κ1) is 14.1. The molecule has 4 unspecified atom stereocenters. The molecular weight excluding hydrogens is 250 g/mol. The van der Waals surface area contributed by atoms with Gasteiger partial charge in [-0.1, -0.05) is 31.3 Å². The van der Waals surface area contributed by atoms with Crippen LogP contribution in [0.5, 0.6) is 0 Å². The van der Waals surface area contributed by atoms with Gasteiger partial charge in [0.15, 0.2) is 5.82 Å². The molecule has 0 aromatic carbocycles. The van der Waals surface area contributed by atoms with Crippen LogP contribution in [0, 0.1) is 5.92 Å². The van der Waals surface area contributed by atoms with Crippen LogP contribution < -0.4 is 5.32 Å². The molecule has 1 aliphatic carbocycles. The Morgan fingerprint density at radius 3 is 2.90 bits per heavy atom. The maximum absolute atomic E-state index is 5.59. The second-order valence-electron chi connectivity index (χ2n) is 6.71. The predicted molar refractivity (Wildman–Crippen MR) is 78.7 cm³/mol. The largest absolute Gasteiger partial charge is 0.339 e. The molecule has 3 rings (SSSR count). The van der Waals surface area contributed by atoms with Crippen LogP contribution in [-0.4, -0.2) is 22.7 Å². The third-order valence-corrected chi connectivity index (χ3v) is 5.16. The van der Waals surface area contributed by atoms with Gasteiger partial charge in [-0.05, 0) is 45.1 Å². The summed E-state index contributed by atoms with van der Waals surface area (Å²) in [5.74, 6) is 3.70. The zero-order valence-corrected chi connectivity index (χ0v) is 12.8. The van der Waals surface area contributed by atoms with E-state index in [1.165, 1.54) is 32.1 Å². The maximum Gasteiger partial charge on any atom is 0.229 e. The van der Waals surface area contributed by atoms with Crippen LogP contribution in [0.3, 0.4) is 0 Å². The van der Waals surface area contributed by atoms with E-state index in [2.05, 4.69) is 24.3 Å². The quantitative estimate of drug-likeness (QED) is 0.917. The third kappa shape index (κ3) is 3.05. The molecule has 1 aromatic heterocycles. The fraction of sp³-hybridized carbons (Fsp3) is 0.875. The summed E-state index contributed by atoms with van der Waals surface area (Å²) in [4.78, 5) is 4.76. The summed E-state index contributed by atoms with van der Waals surface area (Å²) in [5.41, 5.74) is 0. The smallest absolute Gasteiger partial charge is 0.229 e. The lowest BCUT2D eigenvalue weighted by molar-refractivity contribution is 0.284. The molecule has 2 heterocycles. The first-order chi connectivity index (χ1) is 9.76. The monoisotopic (exact) mass is 277 g/mol. The minimum absolute atomic E-state index is 0.457. The highest BCUT2D eigenvalue weighted by Gasteiger charge is 2.29. The van der Waals surface area contributed by atoms with Gasteiger partial charge in [0.05, 0.1) is 0 Å². The van der Waals surface area contributed by atoms with E-state index < -0.39 is 0 Å². The highest BCUT2D eigenvalue weighted by Crippen LogP contribution is 2.37. The van der Waals surface area contributed by atoms with Gasteiger partial charge >= 0.3 is 0 Å². The topological polar surface area (TPSA) is 51.0 Å². The van der Waals surface area contributed by atoms with Gasteiger partial charge in [0.25, 0.3) is 0 Å². The van der Waals surface area contributed by atoms with Gasteiger partial charge in [-0.3, -0.25) is 0 Å². The minimum Gasteiger partial charge on any atom is -0.339 e. The number of nitrogens with zero attached hydrogens (tertiary/aromatic N) is 2. The van der Waals surface area contributed by atoms with Crippen LogP contribution in [-0.2, 0) is 0 Å². The highest BCUT2D eigenvalue weighted by molar-refractivity contribution is 5.02. The lowest BCUT2D eigenvalue weighted by Gasteiger charge is -2.26. The fourth-order valence-electron chi connectivity index (χ4n) is 3.83. The van der Waals surface area contributed by atoms with Crippen molar-refractivity contribution in [3.8, 4) is 0 Å². The molecule has 0 spiro atoms. The average Bonchev–Trinajstić information content (AvgIpc) is 2.97. The van der Waals surface area contributed by atoms with Gasteiger partial charge in [0.1, 0.15) is 0 Å². The highest BCUT2D eigenvalue weighted by atomic mass is 16.5. The van der Waals surface area contributed by atoms with Crippen molar-refractivity contribution in [3.05, 3.63) is 11.7 Å². The number of nitrogens with one attached hydrogen (secondary N) is 1. The Balaban J connectivity index is 1.66. The summed E-state index contributed by atoms with van der Waals surface area (Å²) < 4.78 is 5.59. The van der Waals surface area contributed by atoms with Crippen molar-refractivity contribution >= 4 is 0 Å². The van der Waals surface area contributed by atoms with Crippen LogP contribution in [0.4, 0.5) is 0 Å². The fourth-order valence-corrected chi connectivity index (χ4v) is 3.83. The molecule has 4 atom stereocenters. The summed E-state index contributed by atoms with van der Waals surface area (Å²) in [6, 6.07) is 0.559. The second kappa shape index (κ2) is 6.25. The summed E-state index contributed by atoms with van der Waals surface area (Å²) >= 11 is 0. The predicted octanol–water partition coefficient (Wildman–Crippen LogP) is 3.61. The van der Waals surface area contributed by atoms with Crippen molar-refractivity contribution in [1.29, 1.82) is 0 Å². The summed E-state index contributed by atoms with van der Waals surface area (Å²) in [6.07, 6.45) is 8.70. The van der Waals surface area contributed by atoms with Gasteiger partial charge in [0.2, 0.25) is 5.89 Å². The number of hydrogen-bond donors (Lipinski definition) is 1. The van der Waals surface area contributed by atoms with Gasteiger partial charge in [-0.15, -0.1) is 0 Å². The first-order valence-electron chi connectivity index (χ1n) is 8.33. The summed E-state index contributed by atoms with van der Waals surface area (Å²) in [7, 11) is 0. The molecule has 0 bridgehead atoms. The Kier molecular flexibility index (Phi) is 4.39. The van der Waals surface area contributed by atoms with E-state index in [-0.39, 0.29) is 0 Å². The van der Waals surface area contributed by atoms with E-state index in [1.807, 2.05) is 0 Å². The number of rotatable bonds is 3. The summed E-state index contributed by atoms with van der Waals surface area (Å²) in [5, 5.41) is 7.78. The Morgan fingerprint density at radius 1 is 1.20 bits per heavy atom. The van der Waals surface area contributed by atoms with Gasteiger partial charge in [-0.25, -0.2) is 0 Å². The SMILES string of the molecule is CCC1CCCC(c2noc(C3CCNC(C)C3)n2)C1. The van der Waals surface area contributed by atoms with E-state index >= 15 is 0 Å². The van der Waals surface area contributed by atoms with Crippen LogP contribution in [0.15, 0.2) is 4.52 Å².